The molecule has 110 valence electrons. The van der Waals surface area contributed by atoms with Crippen LogP contribution in [0, 0.1) is 10.1 Å². The summed E-state index contributed by atoms with van der Waals surface area (Å²) in [7, 11) is 0. The van der Waals surface area contributed by atoms with E-state index in [0.717, 1.165) is 26.2 Å². The van der Waals surface area contributed by atoms with Gasteiger partial charge in [-0.1, -0.05) is 17.3 Å². The number of nitro benzene ring substituents is 1. The Morgan fingerprint density at radius 2 is 2.10 bits per heavy atom. The first-order valence-electron chi connectivity index (χ1n) is 6.73. The molecule has 0 spiro atoms. The molecule has 1 aromatic heterocycles. The molecule has 8 nitrogen and oxygen atoms in total. The third kappa shape index (κ3) is 3.06. The highest BCUT2D eigenvalue weighted by atomic mass is 16.6. The van der Waals surface area contributed by atoms with Gasteiger partial charge in [0, 0.05) is 32.2 Å². The number of aromatic nitrogens is 2. The average Bonchev–Trinajstić information content (AvgIpc) is 2.96. The van der Waals surface area contributed by atoms with Gasteiger partial charge in [-0.05, 0) is 6.07 Å². The lowest BCUT2D eigenvalue weighted by Gasteiger charge is -2.25. The normalized spacial score (nSPS) is 16.0. The minimum absolute atomic E-state index is 0.0325. The van der Waals surface area contributed by atoms with Crippen molar-refractivity contribution in [3.05, 3.63) is 40.2 Å². The molecule has 0 radical (unpaired) electrons. The topological polar surface area (TPSA) is 97.3 Å². The Balaban J connectivity index is 1.80. The van der Waals surface area contributed by atoms with Gasteiger partial charge in [-0.2, -0.15) is 4.98 Å². The van der Waals surface area contributed by atoms with Gasteiger partial charge in [0.2, 0.25) is 0 Å². The molecule has 1 aromatic carbocycles. The van der Waals surface area contributed by atoms with Crippen molar-refractivity contribution in [2.75, 3.05) is 26.2 Å². The average molecular weight is 289 g/mol. The van der Waals surface area contributed by atoms with Crippen molar-refractivity contribution in [1.82, 2.24) is 20.4 Å². The molecule has 2 heterocycles. The number of nitrogens with zero attached hydrogens (tertiary/aromatic N) is 4. The molecule has 0 aliphatic carbocycles. The molecule has 0 bridgehead atoms. The lowest BCUT2D eigenvalue weighted by atomic mass is 10.2. The van der Waals surface area contributed by atoms with Crippen molar-refractivity contribution in [3.63, 3.8) is 0 Å². The zero-order valence-electron chi connectivity index (χ0n) is 11.4. The smallest absolute Gasteiger partial charge is 0.282 e. The van der Waals surface area contributed by atoms with Crippen LogP contribution in [0.2, 0.25) is 0 Å². The summed E-state index contributed by atoms with van der Waals surface area (Å²) in [6.07, 6.45) is 0. The first-order chi connectivity index (χ1) is 10.2. The van der Waals surface area contributed by atoms with Crippen molar-refractivity contribution in [1.29, 1.82) is 0 Å². The summed E-state index contributed by atoms with van der Waals surface area (Å²) < 4.78 is 5.18. The zero-order chi connectivity index (χ0) is 14.7. The summed E-state index contributed by atoms with van der Waals surface area (Å²) in [6.45, 7) is 4.32. The number of benzene rings is 1. The molecule has 1 aliphatic heterocycles. The molecule has 0 amide bonds. The first kappa shape index (κ1) is 13.7. The Labute approximate surface area is 120 Å². The molecule has 0 unspecified atom stereocenters. The van der Waals surface area contributed by atoms with Gasteiger partial charge in [0.05, 0.1) is 11.5 Å². The fourth-order valence-electron chi connectivity index (χ4n) is 2.31. The second kappa shape index (κ2) is 5.98. The SMILES string of the molecule is O=[N+]([O-])c1ccccc1-c1nc(CN2CCNCC2)no1. The van der Waals surface area contributed by atoms with Crippen molar-refractivity contribution in [3.8, 4) is 11.5 Å². The van der Waals surface area contributed by atoms with Gasteiger partial charge in [-0.25, -0.2) is 0 Å². The highest BCUT2D eigenvalue weighted by Crippen LogP contribution is 2.28. The Kier molecular flexibility index (Phi) is 3.89. The maximum Gasteiger partial charge on any atom is 0.282 e. The van der Waals surface area contributed by atoms with E-state index in [2.05, 4.69) is 20.4 Å². The Morgan fingerprint density at radius 1 is 1.33 bits per heavy atom. The van der Waals surface area contributed by atoms with Gasteiger partial charge < -0.3 is 9.84 Å². The lowest BCUT2D eigenvalue weighted by Crippen LogP contribution is -2.43. The highest BCUT2D eigenvalue weighted by Gasteiger charge is 2.20. The third-order valence-electron chi connectivity index (χ3n) is 3.37. The van der Waals surface area contributed by atoms with Gasteiger partial charge >= 0.3 is 0 Å². The predicted molar refractivity (Wildman–Crippen MR) is 74.5 cm³/mol. The molecule has 1 N–H and O–H groups in total. The molecule has 3 rings (SSSR count). The van der Waals surface area contributed by atoms with Gasteiger partial charge in [-0.15, -0.1) is 0 Å². The van der Waals surface area contributed by atoms with Gasteiger partial charge in [-0.3, -0.25) is 15.0 Å². The van der Waals surface area contributed by atoms with E-state index in [1.165, 1.54) is 6.07 Å². The standard InChI is InChI=1S/C13H15N5O3/c19-18(20)11-4-2-1-3-10(11)13-15-12(16-21-13)9-17-7-5-14-6-8-17/h1-4,14H,5-9H2. The minimum atomic E-state index is -0.449. The molecule has 0 atom stereocenters. The fraction of sp³-hybridized carbons (Fsp3) is 0.385. The van der Waals surface area contributed by atoms with Crippen LogP contribution in [0.4, 0.5) is 5.69 Å². The van der Waals surface area contributed by atoms with E-state index in [9.17, 15) is 10.1 Å². The summed E-state index contributed by atoms with van der Waals surface area (Å²) in [5.41, 5.74) is 0.316. The number of hydrogen-bond donors (Lipinski definition) is 1. The Hall–Kier alpha value is -2.32. The lowest BCUT2D eigenvalue weighted by molar-refractivity contribution is -0.384. The summed E-state index contributed by atoms with van der Waals surface area (Å²) in [5.74, 6) is 0.734. The zero-order valence-corrected chi connectivity index (χ0v) is 11.4. The van der Waals surface area contributed by atoms with E-state index in [4.69, 9.17) is 4.52 Å². The molecule has 1 aliphatic rings. The van der Waals surface area contributed by atoms with Crippen LogP contribution in [0.3, 0.4) is 0 Å². The third-order valence-corrected chi connectivity index (χ3v) is 3.37. The van der Waals surface area contributed by atoms with E-state index in [1.54, 1.807) is 18.2 Å². The van der Waals surface area contributed by atoms with E-state index in [1.807, 2.05) is 0 Å². The first-order valence-corrected chi connectivity index (χ1v) is 6.73. The highest BCUT2D eigenvalue weighted by molar-refractivity contribution is 5.66. The fourth-order valence-corrected chi connectivity index (χ4v) is 2.31. The van der Waals surface area contributed by atoms with Crippen LogP contribution in [-0.2, 0) is 6.54 Å². The Morgan fingerprint density at radius 3 is 2.86 bits per heavy atom. The number of piperazine rings is 1. The molecule has 1 fully saturated rings. The van der Waals surface area contributed by atoms with E-state index >= 15 is 0 Å². The van der Waals surface area contributed by atoms with Crippen LogP contribution in [0.1, 0.15) is 5.82 Å². The van der Waals surface area contributed by atoms with Crippen molar-refractivity contribution < 1.29 is 9.45 Å². The van der Waals surface area contributed by atoms with Crippen LogP contribution in [0.15, 0.2) is 28.8 Å². The quantitative estimate of drug-likeness (QED) is 0.663. The second-order valence-electron chi connectivity index (χ2n) is 4.82. The van der Waals surface area contributed by atoms with Gasteiger partial charge in [0.1, 0.15) is 5.56 Å². The van der Waals surface area contributed by atoms with Crippen molar-refractivity contribution in [2.45, 2.75) is 6.54 Å². The number of para-hydroxylation sites is 1. The maximum absolute atomic E-state index is 11.0. The number of rotatable bonds is 4. The molecule has 8 heteroatoms. The second-order valence-corrected chi connectivity index (χ2v) is 4.82. The van der Waals surface area contributed by atoms with Crippen LogP contribution in [0.5, 0.6) is 0 Å². The summed E-state index contributed by atoms with van der Waals surface area (Å²) in [6, 6.07) is 6.36. The van der Waals surface area contributed by atoms with Gasteiger partial charge in [0.25, 0.3) is 11.6 Å². The molecule has 21 heavy (non-hydrogen) atoms. The van der Waals surface area contributed by atoms with E-state index in [0.29, 0.717) is 17.9 Å². The summed E-state index contributed by atoms with van der Waals surface area (Å²) in [4.78, 5) is 17.1. The van der Waals surface area contributed by atoms with Crippen LogP contribution >= 0.6 is 0 Å². The number of hydrogen-bond acceptors (Lipinski definition) is 7. The minimum Gasteiger partial charge on any atom is -0.334 e. The van der Waals surface area contributed by atoms with Crippen LogP contribution in [0.25, 0.3) is 11.5 Å². The molecular weight excluding hydrogens is 274 g/mol. The predicted octanol–water partition coefficient (Wildman–Crippen LogP) is 1.05. The number of nitro groups is 1. The van der Waals surface area contributed by atoms with Crippen molar-refractivity contribution in [2.24, 2.45) is 0 Å². The number of nitrogens with one attached hydrogen (secondary N) is 1. The monoisotopic (exact) mass is 289 g/mol. The maximum atomic E-state index is 11.0. The molecular formula is C13H15N5O3. The summed E-state index contributed by atoms with van der Waals surface area (Å²) >= 11 is 0. The molecule has 0 saturated carbocycles. The largest absolute Gasteiger partial charge is 0.334 e. The molecule has 1 saturated heterocycles. The van der Waals surface area contributed by atoms with Crippen LogP contribution in [-0.4, -0.2) is 46.1 Å². The van der Waals surface area contributed by atoms with Crippen LogP contribution < -0.4 is 5.32 Å². The van der Waals surface area contributed by atoms with Gasteiger partial charge in [0.15, 0.2) is 5.82 Å². The Bertz CT molecular complexity index is 636. The molecule has 2 aromatic rings. The summed E-state index contributed by atoms with van der Waals surface area (Å²) in [5, 5.41) is 18.2. The van der Waals surface area contributed by atoms with E-state index < -0.39 is 4.92 Å². The van der Waals surface area contributed by atoms with Crippen molar-refractivity contribution >= 4 is 5.69 Å². The van der Waals surface area contributed by atoms with E-state index in [-0.39, 0.29) is 11.6 Å².